The molecule has 0 saturated carbocycles. The van der Waals surface area contributed by atoms with Crippen molar-refractivity contribution in [2.45, 2.75) is 11.7 Å². The van der Waals surface area contributed by atoms with Gasteiger partial charge in [0.15, 0.2) is 0 Å². The average Bonchev–Trinajstić information content (AvgIpc) is 2.96. The Bertz CT molecular complexity index is 592. The van der Waals surface area contributed by atoms with E-state index in [1.165, 1.54) is 11.5 Å². The zero-order valence-corrected chi connectivity index (χ0v) is 13.9. The van der Waals surface area contributed by atoms with Gasteiger partial charge in [-0.2, -0.15) is 23.5 Å². The number of rotatable bonds is 5. The monoisotopic (exact) mass is 336 g/mol. The van der Waals surface area contributed by atoms with Crippen LogP contribution in [0.5, 0.6) is 0 Å². The van der Waals surface area contributed by atoms with Gasteiger partial charge in [0, 0.05) is 42.0 Å². The van der Waals surface area contributed by atoms with Gasteiger partial charge in [-0.3, -0.25) is 0 Å². The number of urea groups is 1. The van der Waals surface area contributed by atoms with E-state index >= 15 is 0 Å². The standard InChI is InChI=1S/C15H20N4OS2/c20-15(17-9-11-10-21-7-8-22-11)16-6-5-14-18-12-3-1-2-4-13(12)19-14/h1-4,11H,5-10H2,(H,18,19)(H2,16,17,20)/t11-/m1/s1. The molecule has 22 heavy (non-hydrogen) atoms. The molecule has 7 heteroatoms. The van der Waals surface area contributed by atoms with E-state index in [1.807, 2.05) is 47.8 Å². The summed E-state index contributed by atoms with van der Waals surface area (Å²) in [6, 6.07) is 7.85. The maximum Gasteiger partial charge on any atom is 0.314 e. The van der Waals surface area contributed by atoms with Crippen molar-refractivity contribution in [3.05, 3.63) is 30.1 Å². The molecule has 0 radical (unpaired) electrons. The number of carbonyl (C=O) groups is 1. The number of aromatic nitrogens is 2. The number of nitrogens with zero attached hydrogens (tertiary/aromatic N) is 1. The number of hydrogen-bond acceptors (Lipinski definition) is 4. The SMILES string of the molecule is O=C(NCCc1nc2ccccc2[nH]1)NC[C@@H]1CSCCS1. The van der Waals surface area contributed by atoms with E-state index in [1.54, 1.807) is 0 Å². The average molecular weight is 336 g/mol. The van der Waals surface area contributed by atoms with Gasteiger partial charge in [0.05, 0.1) is 11.0 Å². The summed E-state index contributed by atoms with van der Waals surface area (Å²) >= 11 is 3.92. The second-order valence-corrected chi connectivity index (χ2v) is 7.71. The van der Waals surface area contributed by atoms with E-state index < -0.39 is 0 Å². The number of para-hydroxylation sites is 2. The van der Waals surface area contributed by atoms with Crippen molar-refractivity contribution < 1.29 is 4.79 Å². The first-order valence-electron chi connectivity index (χ1n) is 7.46. The van der Waals surface area contributed by atoms with Crippen LogP contribution in [0.3, 0.4) is 0 Å². The van der Waals surface area contributed by atoms with Crippen LogP contribution < -0.4 is 10.6 Å². The molecule has 5 nitrogen and oxygen atoms in total. The van der Waals surface area contributed by atoms with Crippen LogP contribution in [0.25, 0.3) is 11.0 Å². The van der Waals surface area contributed by atoms with Crippen molar-refractivity contribution in [1.82, 2.24) is 20.6 Å². The van der Waals surface area contributed by atoms with Gasteiger partial charge in [-0.15, -0.1) is 0 Å². The third kappa shape index (κ3) is 4.33. The normalized spacial score (nSPS) is 18.3. The van der Waals surface area contributed by atoms with Crippen molar-refractivity contribution >= 4 is 40.6 Å². The summed E-state index contributed by atoms with van der Waals surface area (Å²) in [5, 5.41) is 6.38. The lowest BCUT2D eigenvalue weighted by Crippen LogP contribution is -2.41. The Balaban J connectivity index is 1.37. The topological polar surface area (TPSA) is 69.8 Å². The van der Waals surface area contributed by atoms with Crippen LogP contribution in [0, 0.1) is 0 Å². The minimum atomic E-state index is -0.0905. The van der Waals surface area contributed by atoms with Crippen LogP contribution in [0.1, 0.15) is 5.82 Å². The van der Waals surface area contributed by atoms with Crippen LogP contribution in [0.15, 0.2) is 24.3 Å². The number of hydrogen-bond donors (Lipinski definition) is 3. The molecule has 0 spiro atoms. The van der Waals surface area contributed by atoms with Crippen LogP contribution in [0.4, 0.5) is 4.79 Å². The molecule has 1 aliphatic rings. The Morgan fingerprint density at radius 2 is 2.23 bits per heavy atom. The number of fused-ring (bicyclic) bond motifs is 1. The molecule has 1 aromatic carbocycles. The lowest BCUT2D eigenvalue weighted by molar-refractivity contribution is 0.241. The largest absolute Gasteiger partial charge is 0.342 e. The number of H-pyrrole nitrogens is 1. The van der Waals surface area contributed by atoms with Gasteiger partial charge in [0.1, 0.15) is 5.82 Å². The molecule has 3 rings (SSSR count). The fourth-order valence-electron chi connectivity index (χ4n) is 2.34. The molecule has 0 aliphatic carbocycles. The molecular formula is C15H20N4OS2. The number of amides is 2. The highest BCUT2D eigenvalue weighted by atomic mass is 32.2. The minimum Gasteiger partial charge on any atom is -0.342 e. The molecule has 1 aromatic heterocycles. The summed E-state index contributed by atoms with van der Waals surface area (Å²) in [7, 11) is 0. The molecular weight excluding hydrogens is 316 g/mol. The Hall–Kier alpha value is -1.34. The van der Waals surface area contributed by atoms with Crippen molar-refractivity contribution in [3.8, 4) is 0 Å². The van der Waals surface area contributed by atoms with Gasteiger partial charge in [-0.05, 0) is 12.1 Å². The summed E-state index contributed by atoms with van der Waals surface area (Å²) in [4.78, 5) is 19.5. The molecule has 3 N–H and O–H groups in total. The summed E-state index contributed by atoms with van der Waals surface area (Å²) < 4.78 is 0. The maximum absolute atomic E-state index is 11.8. The van der Waals surface area contributed by atoms with Crippen molar-refractivity contribution in [2.75, 3.05) is 30.3 Å². The van der Waals surface area contributed by atoms with E-state index in [9.17, 15) is 4.79 Å². The van der Waals surface area contributed by atoms with Crippen molar-refractivity contribution in [2.24, 2.45) is 0 Å². The molecule has 1 saturated heterocycles. The maximum atomic E-state index is 11.8. The lowest BCUT2D eigenvalue weighted by atomic mass is 10.3. The Kier molecular flexibility index (Phi) is 5.50. The first kappa shape index (κ1) is 15.6. The fourth-order valence-corrected chi connectivity index (χ4v) is 4.95. The van der Waals surface area contributed by atoms with Crippen molar-refractivity contribution in [3.63, 3.8) is 0 Å². The quantitative estimate of drug-likeness (QED) is 0.783. The number of imidazole rings is 1. The van der Waals surface area contributed by atoms with Gasteiger partial charge in [-0.25, -0.2) is 9.78 Å². The smallest absolute Gasteiger partial charge is 0.314 e. The first-order chi connectivity index (χ1) is 10.8. The van der Waals surface area contributed by atoms with Gasteiger partial charge in [0.2, 0.25) is 0 Å². The predicted molar refractivity (Wildman–Crippen MR) is 94.8 cm³/mol. The van der Waals surface area contributed by atoms with Crippen LogP contribution in [-0.4, -0.2) is 51.6 Å². The molecule has 1 atom stereocenters. The summed E-state index contributed by atoms with van der Waals surface area (Å²) in [5.74, 6) is 4.44. The molecule has 118 valence electrons. The zero-order chi connectivity index (χ0) is 15.2. The molecule has 0 unspecified atom stereocenters. The molecule has 2 amide bonds. The highest BCUT2D eigenvalue weighted by Crippen LogP contribution is 2.23. The Morgan fingerprint density at radius 3 is 3.05 bits per heavy atom. The number of aromatic amines is 1. The second kappa shape index (κ2) is 7.78. The molecule has 2 aromatic rings. The second-order valence-electron chi connectivity index (χ2n) is 5.16. The summed E-state index contributed by atoms with van der Waals surface area (Å²) in [6.07, 6.45) is 0.704. The van der Waals surface area contributed by atoms with E-state index in [2.05, 4.69) is 20.6 Å². The summed E-state index contributed by atoms with van der Waals surface area (Å²) in [5.41, 5.74) is 2.00. The van der Waals surface area contributed by atoms with E-state index in [4.69, 9.17) is 0 Å². The third-order valence-corrected chi connectivity index (χ3v) is 6.31. The van der Waals surface area contributed by atoms with E-state index in [0.29, 0.717) is 18.2 Å². The van der Waals surface area contributed by atoms with Gasteiger partial charge >= 0.3 is 6.03 Å². The van der Waals surface area contributed by atoms with E-state index in [0.717, 1.165) is 29.2 Å². The molecule has 0 bridgehead atoms. The fraction of sp³-hybridized carbons (Fsp3) is 0.467. The minimum absolute atomic E-state index is 0.0905. The Labute approximate surface area is 138 Å². The highest BCUT2D eigenvalue weighted by molar-refractivity contribution is 8.06. The number of thioether (sulfide) groups is 2. The Morgan fingerprint density at radius 1 is 1.32 bits per heavy atom. The zero-order valence-electron chi connectivity index (χ0n) is 12.3. The first-order valence-corrected chi connectivity index (χ1v) is 9.66. The predicted octanol–water partition coefficient (Wildman–Crippen LogP) is 2.25. The van der Waals surface area contributed by atoms with Crippen LogP contribution in [-0.2, 0) is 6.42 Å². The number of nitrogens with one attached hydrogen (secondary N) is 3. The van der Waals surface area contributed by atoms with E-state index in [-0.39, 0.29) is 6.03 Å². The van der Waals surface area contributed by atoms with Crippen LogP contribution in [0.2, 0.25) is 0 Å². The number of benzene rings is 1. The van der Waals surface area contributed by atoms with Gasteiger partial charge in [0.25, 0.3) is 0 Å². The lowest BCUT2D eigenvalue weighted by Gasteiger charge is -2.21. The number of carbonyl (C=O) groups excluding carboxylic acids is 1. The third-order valence-electron chi connectivity index (χ3n) is 3.46. The molecule has 2 heterocycles. The van der Waals surface area contributed by atoms with Gasteiger partial charge in [-0.1, -0.05) is 12.1 Å². The molecule has 1 aliphatic heterocycles. The summed E-state index contributed by atoms with van der Waals surface area (Å²) in [6.45, 7) is 1.33. The van der Waals surface area contributed by atoms with Gasteiger partial charge < -0.3 is 15.6 Å². The highest BCUT2D eigenvalue weighted by Gasteiger charge is 2.14. The molecule has 1 fully saturated rings. The van der Waals surface area contributed by atoms with Crippen LogP contribution >= 0.6 is 23.5 Å². The van der Waals surface area contributed by atoms with Crippen molar-refractivity contribution in [1.29, 1.82) is 0 Å².